The summed E-state index contributed by atoms with van der Waals surface area (Å²) >= 11 is 0. The van der Waals surface area contributed by atoms with Gasteiger partial charge in [0.25, 0.3) is 0 Å². The summed E-state index contributed by atoms with van der Waals surface area (Å²) in [5.41, 5.74) is 6.90. The maximum atomic E-state index is 5.91. The van der Waals surface area contributed by atoms with Crippen molar-refractivity contribution in [3.05, 3.63) is 18.6 Å². The van der Waals surface area contributed by atoms with Crippen molar-refractivity contribution in [3.8, 4) is 0 Å². The maximum Gasteiger partial charge on any atom is 0.145 e. The highest BCUT2D eigenvalue weighted by Gasteiger charge is 2.32. The molecule has 2 N–H and O–H groups in total. The first kappa shape index (κ1) is 12.5. The molecule has 0 aliphatic heterocycles. The number of fused-ring (bicyclic) bond motifs is 1. The third-order valence-electron chi connectivity index (χ3n) is 4.53. The Morgan fingerprint density at radius 3 is 3.00 bits per heavy atom. The van der Waals surface area contributed by atoms with E-state index in [9.17, 15) is 0 Å². The quantitative estimate of drug-likeness (QED) is 0.918. The lowest BCUT2D eigenvalue weighted by Crippen LogP contribution is -2.11. The van der Waals surface area contributed by atoms with Gasteiger partial charge >= 0.3 is 0 Å². The second kappa shape index (κ2) is 4.83. The number of rotatable bonds is 3. The van der Waals surface area contributed by atoms with Crippen LogP contribution >= 0.6 is 0 Å². The van der Waals surface area contributed by atoms with E-state index in [1.807, 2.05) is 6.07 Å². The normalized spacial score (nSPS) is 27.2. The predicted octanol–water partition coefficient (Wildman–Crippen LogP) is 3.40. The first-order valence-electron chi connectivity index (χ1n) is 7.27. The molecule has 4 heteroatoms. The fourth-order valence-corrected chi connectivity index (χ4v) is 3.64. The fraction of sp³-hybridized carbons (Fsp3) is 0.600. The van der Waals surface area contributed by atoms with Crippen LogP contribution in [0.15, 0.2) is 18.6 Å². The molecule has 1 saturated carbocycles. The van der Waals surface area contributed by atoms with Gasteiger partial charge in [-0.3, -0.25) is 0 Å². The Bertz CT molecular complexity index is 575. The molecule has 2 heterocycles. The van der Waals surface area contributed by atoms with E-state index in [0.717, 1.165) is 17.0 Å². The molecule has 0 saturated heterocycles. The van der Waals surface area contributed by atoms with E-state index in [-0.39, 0.29) is 0 Å². The molecule has 1 aliphatic carbocycles. The lowest BCUT2D eigenvalue weighted by atomic mass is 10.0. The molecule has 0 aromatic carbocycles. The number of aromatic nitrogens is 3. The summed E-state index contributed by atoms with van der Waals surface area (Å²) in [7, 11) is 0. The maximum absolute atomic E-state index is 5.91. The fourth-order valence-electron chi connectivity index (χ4n) is 3.64. The van der Waals surface area contributed by atoms with E-state index in [1.165, 1.54) is 25.7 Å². The van der Waals surface area contributed by atoms with Gasteiger partial charge in [0.1, 0.15) is 17.8 Å². The first-order chi connectivity index (χ1) is 9.20. The highest BCUT2D eigenvalue weighted by molar-refractivity contribution is 5.86. The molecule has 0 bridgehead atoms. The zero-order valence-corrected chi connectivity index (χ0v) is 11.7. The minimum Gasteiger partial charge on any atom is -0.383 e. The molecule has 0 spiro atoms. The number of hydrogen-bond acceptors (Lipinski definition) is 3. The molecule has 102 valence electrons. The zero-order chi connectivity index (χ0) is 13.4. The summed E-state index contributed by atoms with van der Waals surface area (Å²) in [6, 6.07) is 2.60. The van der Waals surface area contributed by atoms with Crippen LogP contribution in [0.2, 0.25) is 0 Å². The summed E-state index contributed by atoms with van der Waals surface area (Å²) in [5, 5.41) is 0.980. The van der Waals surface area contributed by atoms with E-state index in [0.29, 0.717) is 17.8 Å². The topological polar surface area (TPSA) is 56.7 Å². The number of nitrogen functional groups attached to an aromatic ring is 1. The molecule has 3 atom stereocenters. The predicted molar refractivity (Wildman–Crippen MR) is 77.8 cm³/mol. The number of nitrogens with zero attached hydrogens (tertiary/aromatic N) is 3. The Morgan fingerprint density at radius 2 is 2.21 bits per heavy atom. The molecule has 19 heavy (non-hydrogen) atoms. The van der Waals surface area contributed by atoms with Crippen LogP contribution in [-0.2, 0) is 0 Å². The Morgan fingerprint density at radius 1 is 1.37 bits per heavy atom. The molecule has 3 rings (SSSR count). The summed E-state index contributed by atoms with van der Waals surface area (Å²) in [6.45, 7) is 4.63. The lowest BCUT2D eigenvalue weighted by molar-refractivity contribution is 0.415. The van der Waals surface area contributed by atoms with Crippen LogP contribution in [0.4, 0.5) is 5.82 Å². The first-order valence-corrected chi connectivity index (χ1v) is 7.27. The molecule has 3 unspecified atom stereocenters. The third kappa shape index (κ3) is 2.09. The average Bonchev–Trinajstić information content (AvgIpc) is 2.94. The number of nitrogens with two attached hydrogens (primary N) is 1. The second-order valence-electron chi connectivity index (χ2n) is 5.89. The van der Waals surface area contributed by atoms with Crippen molar-refractivity contribution >= 4 is 16.9 Å². The smallest absolute Gasteiger partial charge is 0.145 e. The molecular formula is C15H22N4. The molecule has 2 aromatic rings. The summed E-state index contributed by atoms with van der Waals surface area (Å²) in [4.78, 5) is 8.49. The van der Waals surface area contributed by atoms with Crippen LogP contribution in [0, 0.1) is 11.8 Å². The largest absolute Gasteiger partial charge is 0.383 e. The van der Waals surface area contributed by atoms with Crippen molar-refractivity contribution in [3.63, 3.8) is 0 Å². The van der Waals surface area contributed by atoms with Gasteiger partial charge in [-0.1, -0.05) is 26.7 Å². The van der Waals surface area contributed by atoms with Gasteiger partial charge in [0.05, 0.1) is 5.39 Å². The van der Waals surface area contributed by atoms with Gasteiger partial charge in [-0.05, 0) is 30.7 Å². The van der Waals surface area contributed by atoms with Crippen molar-refractivity contribution < 1.29 is 0 Å². The van der Waals surface area contributed by atoms with Crippen LogP contribution < -0.4 is 5.73 Å². The van der Waals surface area contributed by atoms with Crippen molar-refractivity contribution in [2.24, 2.45) is 11.8 Å². The van der Waals surface area contributed by atoms with E-state index in [4.69, 9.17) is 5.73 Å². The third-order valence-corrected chi connectivity index (χ3v) is 4.53. The molecule has 1 fully saturated rings. The van der Waals surface area contributed by atoms with Crippen LogP contribution in [0.1, 0.15) is 45.6 Å². The van der Waals surface area contributed by atoms with Crippen molar-refractivity contribution in [2.75, 3.05) is 5.73 Å². The average molecular weight is 258 g/mol. The summed E-state index contributed by atoms with van der Waals surface area (Å²) < 4.78 is 2.31. The van der Waals surface area contributed by atoms with Crippen LogP contribution in [0.3, 0.4) is 0 Å². The highest BCUT2D eigenvalue weighted by atomic mass is 15.1. The monoisotopic (exact) mass is 258 g/mol. The lowest BCUT2D eigenvalue weighted by Gasteiger charge is -2.18. The number of anilines is 1. The standard InChI is InChI=1S/C15H22N4/c1-3-4-11-7-10(2)13(8-11)19-6-5-12-14(16)17-9-18-15(12)19/h5-6,9-11,13H,3-4,7-8H2,1-2H3,(H2,16,17,18). The zero-order valence-electron chi connectivity index (χ0n) is 11.7. The summed E-state index contributed by atoms with van der Waals surface area (Å²) in [6.07, 6.45) is 8.92. The van der Waals surface area contributed by atoms with Crippen LogP contribution in [0.5, 0.6) is 0 Å². The number of hydrogen-bond donors (Lipinski definition) is 1. The molecule has 0 amide bonds. The van der Waals surface area contributed by atoms with Crippen LogP contribution in [0.25, 0.3) is 11.0 Å². The van der Waals surface area contributed by atoms with Gasteiger partial charge in [0.15, 0.2) is 0 Å². The molecule has 0 radical (unpaired) electrons. The minimum absolute atomic E-state index is 0.559. The van der Waals surface area contributed by atoms with Crippen molar-refractivity contribution in [1.82, 2.24) is 14.5 Å². The molecule has 1 aliphatic rings. The Kier molecular flexibility index (Phi) is 3.17. The SMILES string of the molecule is CCCC1CC(C)C(n2ccc3c(N)ncnc32)C1. The highest BCUT2D eigenvalue weighted by Crippen LogP contribution is 2.42. The van der Waals surface area contributed by atoms with Crippen molar-refractivity contribution in [1.29, 1.82) is 0 Å². The molecular weight excluding hydrogens is 236 g/mol. The van der Waals surface area contributed by atoms with Gasteiger partial charge in [-0.25, -0.2) is 9.97 Å². The van der Waals surface area contributed by atoms with Gasteiger partial charge in [0, 0.05) is 12.2 Å². The second-order valence-corrected chi connectivity index (χ2v) is 5.89. The van der Waals surface area contributed by atoms with E-state index in [1.54, 1.807) is 6.33 Å². The van der Waals surface area contributed by atoms with Gasteiger partial charge in [-0.15, -0.1) is 0 Å². The van der Waals surface area contributed by atoms with Gasteiger partial charge < -0.3 is 10.3 Å². The Hall–Kier alpha value is -1.58. The molecule has 4 nitrogen and oxygen atoms in total. The van der Waals surface area contributed by atoms with Crippen molar-refractivity contribution in [2.45, 2.75) is 45.6 Å². The van der Waals surface area contributed by atoms with Crippen LogP contribution in [-0.4, -0.2) is 14.5 Å². The van der Waals surface area contributed by atoms with Gasteiger partial charge in [0.2, 0.25) is 0 Å². The Labute approximate surface area is 114 Å². The minimum atomic E-state index is 0.559. The van der Waals surface area contributed by atoms with E-state index >= 15 is 0 Å². The van der Waals surface area contributed by atoms with E-state index in [2.05, 4.69) is 34.6 Å². The van der Waals surface area contributed by atoms with Gasteiger partial charge in [-0.2, -0.15) is 0 Å². The summed E-state index contributed by atoms with van der Waals surface area (Å²) in [5.74, 6) is 2.16. The molecule has 2 aromatic heterocycles. The Balaban J connectivity index is 1.94. The van der Waals surface area contributed by atoms with E-state index < -0.39 is 0 Å².